The first kappa shape index (κ1) is 19.3. The SMILES string of the molecule is CC=C(N)c1sc(C(=C(C)N)c2ccccn2)nc1-c1cccc(C(=O)[O-])c1. The Hall–Kier alpha value is -3.45. The molecular weight excluding hydrogens is 372 g/mol. The summed E-state index contributed by atoms with van der Waals surface area (Å²) >= 11 is 1.39. The summed E-state index contributed by atoms with van der Waals surface area (Å²) in [5.74, 6) is -1.25. The molecule has 3 aromatic rings. The average molecular weight is 391 g/mol. The van der Waals surface area contributed by atoms with Crippen molar-refractivity contribution in [3.8, 4) is 11.3 Å². The first-order valence-corrected chi connectivity index (χ1v) is 9.37. The number of pyridine rings is 1. The second-order valence-electron chi connectivity index (χ2n) is 6.08. The molecule has 0 saturated heterocycles. The summed E-state index contributed by atoms with van der Waals surface area (Å²) < 4.78 is 0. The number of thiazole rings is 1. The molecule has 1 aromatic carbocycles. The number of carbonyl (C=O) groups excluding carboxylic acids is 1. The summed E-state index contributed by atoms with van der Waals surface area (Å²) in [6.07, 6.45) is 3.47. The van der Waals surface area contributed by atoms with E-state index in [2.05, 4.69) is 4.98 Å². The van der Waals surface area contributed by atoms with Crippen LogP contribution in [0.5, 0.6) is 0 Å². The Morgan fingerprint density at radius 2 is 1.96 bits per heavy atom. The maximum absolute atomic E-state index is 11.2. The molecule has 2 aromatic heterocycles. The van der Waals surface area contributed by atoms with Crippen LogP contribution in [0.3, 0.4) is 0 Å². The number of carboxylic acid groups (broad SMARTS) is 1. The van der Waals surface area contributed by atoms with E-state index in [1.165, 1.54) is 23.5 Å². The van der Waals surface area contributed by atoms with E-state index in [0.29, 0.717) is 33.4 Å². The molecule has 28 heavy (non-hydrogen) atoms. The van der Waals surface area contributed by atoms with E-state index in [9.17, 15) is 9.90 Å². The molecule has 142 valence electrons. The molecule has 6 nitrogen and oxygen atoms in total. The maximum Gasteiger partial charge on any atom is 0.128 e. The van der Waals surface area contributed by atoms with E-state index >= 15 is 0 Å². The summed E-state index contributed by atoms with van der Waals surface area (Å²) in [4.78, 5) is 21.1. The molecule has 0 aliphatic rings. The minimum atomic E-state index is -1.25. The van der Waals surface area contributed by atoms with Crippen LogP contribution in [-0.2, 0) is 0 Å². The highest BCUT2D eigenvalue weighted by Crippen LogP contribution is 2.37. The minimum absolute atomic E-state index is 0.0764. The van der Waals surface area contributed by atoms with Gasteiger partial charge in [0.25, 0.3) is 0 Å². The summed E-state index contributed by atoms with van der Waals surface area (Å²) in [6.45, 7) is 3.63. The Balaban J connectivity index is 2.23. The number of allylic oxidation sites excluding steroid dienone is 2. The van der Waals surface area contributed by atoms with E-state index in [4.69, 9.17) is 16.5 Å². The van der Waals surface area contributed by atoms with Crippen LogP contribution >= 0.6 is 11.3 Å². The van der Waals surface area contributed by atoms with Gasteiger partial charge in [-0.15, -0.1) is 11.3 Å². The van der Waals surface area contributed by atoms with E-state index in [-0.39, 0.29) is 5.56 Å². The fraction of sp³-hybridized carbons (Fsp3) is 0.0952. The Kier molecular flexibility index (Phi) is 5.56. The number of aromatic carboxylic acids is 1. The lowest BCUT2D eigenvalue weighted by molar-refractivity contribution is -0.255. The van der Waals surface area contributed by atoms with Crippen LogP contribution in [0.4, 0.5) is 0 Å². The van der Waals surface area contributed by atoms with Gasteiger partial charge in [0.05, 0.1) is 27.8 Å². The van der Waals surface area contributed by atoms with Crippen molar-refractivity contribution in [2.24, 2.45) is 11.5 Å². The number of carbonyl (C=O) groups is 1. The highest BCUT2D eigenvalue weighted by atomic mass is 32.1. The van der Waals surface area contributed by atoms with Gasteiger partial charge in [-0.05, 0) is 37.6 Å². The van der Waals surface area contributed by atoms with Gasteiger partial charge in [0, 0.05) is 23.2 Å². The number of rotatable bonds is 5. The molecule has 7 heteroatoms. The molecule has 0 spiro atoms. The van der Waals surface area contributed by atoms with Gasteiger partial charge in [-0.25, -0.2) is 4.98 Å². The van der Waals surface area contributed by atoms with E-state index in [1.807, 2.05) is 25.1 Å². The van der Waals surface area contributed by atoms with Crippen LogP contribution < -0.4 is 16.6 Å². The number of aromatic nitrogens is 2. The Morgan fingerprint density at radius 3 is 2.57 bits per heavy atom. The molecule has 2 heterocycles. The third-order valence-electron chi connectivity index (χ3n) is 4.10. The Bertz CT molecular complexity index is 1080. The van der Waals surface area contributed by atoms with Crippen molar-refractivity contribution in [2.75, 3.05) is 0 Å². The van der Waals surface area contributed by atoms with E-state index in [1.54, 1.807) is 31.3 Å². The zero-order chi connectivity index (χ0) is 20.3. The number of benzene rings is 1. The standard InChI is InChI=1S/C21H20N4O2S/c1-3-15(23)19-18(13-7-6-8-14(11-13)21(26)27)25-20(28-19)17(12(2)22)16-9-4-5-10-24-16/h3-11H,22-23H2,1-2H3,(H,26,27)/p-1. The van der Waals surface area contributed by atoms with Crippen LogP contribution in [0, 0.1) is 0 Å². The lowest BCUT2D eigenvalue weighted by atomic mass is 10.1. The molecule has 3 rings (SSSR count). The first-order chi connectivity index (χ1) is 13.4. The Labute approximate surface area is 166 Å². The third kappa shape index (κ3) is 3.79. The maximum atomic E-state index is 11.2. The summed E-state index contributed by atoms with van der Waals surface area (Å²) in [6, 6.07) is 12.0. The molecule has 0 radical (unpaired) electrons. The van der Waals surface area contributed by atoms with Gasteiger partial charge < -0.3 is 21.4 Å². The number of nitrogens with two attached hydrogens (primary N) is 2. The van der Waals surface area contributed by atoms with Crippen LogP contribution in [0.15, 0.2) is 60.4 Å². The van der Waals surface area contributed by atoms with Crippen LogP contribution in [0.2, 0.25) is 0 Å². The first-order valence-electron chi connectivity index (χ1n) is 8.55. The lowest BCUT2D eigenvalue weighted by Crippen LogP contribution is -2.22. The second kappa shape index (κ2) is 8.06. The third-order valence-corrected chi connectivity index (χ3v) is 5.22. The molecule has 0 atom stereocenters. The van der Waals surface area contributed by atoms with Crippen molar-refractivity contribution < 1.29 is 9.90 Å². The lowest BCUT2D eigenvalue weighted by Gasteiger charge is -2.07. The predicted octanol–water partition coefficient (Wildman–Crippen LogP) is 2.63. The number of hydrogen-bond donors (Lipinski definition) is 2. The van der Waals surface area contributed by atoms with Crippen LogP contribution in [0.1, 0.15) is 39.8 Å². The highest BCUT2D eigenvalue weighted by molar-refractivity contribution is 7.14. The molecule has 0 bridgehead atoms. The minimum Gasteiger partial charge on any atom is -0.545 e. The zero-order valence-corrected chi connectivity index (χ0v) is 16.3. The summed E-state index contributed by atoms with van der Waals surface area (Å²) in [5.41, 5.74) is 16.2. The monoisotopic (exact) mass is 391 g/mol. The quantitative estimate of drug-likeness (QED) is 0.690. The van der Waals surface area contributed by atoms with Gasteiger partial charge in [0.1, 0.15) is 5.01 Å². The average Bonchev–Trinajstić information content (AvgIpc) is 3.13. The molecule has 0 aliphatic heterocycles. The van der Waals surface area contributed by atoms with Crippen molar-refractivity contribution >= 4 is 28.6 Å². The molecular formula is C21H19N4O2S-. The molecule has 0 saturated carbocycles. The molecule has 4 N–H and O–H groups in total. The number of hydrogen-bond acceptors (Lipinski definition) is 7. The fourth-order valence-electron chi connectivity index (χ4n) is 2.73. The van der Waals surface area contributed by atoms with Gasteiger partial charge >= 0.3 is 0 Å². The van der Waals surface area contributed by atoms with Crippen LogP contribution in [-0.4, -0.2) is 15.9 Å². The molecule has 0 amide bonds. The second-order valence-corrected chi connectivity index (χ2v) is 7.08. The smallest absolute Gasteiger partial charge is 0.128 e. The molecule has 0 unspecified atom stereocenters. The topological polar surface area (TPSA) is 118 Å². The zero-order valence-electron chi connectivity index (χ0n) is 15.5. The Morgan fingerprint density at radius 1 is 1.18 bits per heavy atom. The van der Waals surface area contributed by atoms with E-state index < -0.39 is 5.97 Å². The van der Waals surface area contributed by atoms with Crippen LogP contribution in [0.25, 0.3) is 22.5 Å². The largest absolute Gasteiger partial charge is 0.545 e. The normalized spacial score (nSPS) is 12.6. The van der Waals surface area contributed by atoms with E-state index in [0.717, 1.165) is 10.5 Å². The van der Waals surface area contributed by atoms with Crippen molar-refractivity contribution in [2.45, 2.75) is 13.8 Å². The fourth-order valence-corrected chi connectivity index (χ4v) is 3.93. The molecule has 0 fully saturated rings. The van der Waals surface area contributed by atoms with Gasteiger partial charge in [-0.3, -0.25) is 4.98 Å². The number of carboxylic acids is 1. The molecule has 0 aliphatic carbocycles. The van der Waals surface area contributed by atoms with Crippen molar-refractivity contribution in [1.82, 2.24) is 9.97 Å². The van der Waals surface area contributed by atoms with Crippen molar-refractivity contribution in [3.05, 3.63) is 81.6 Å². The van der Waals surface area contributed by atoms with Crippen molar-refractivity contribution in [3.63, 3.8) is 0 Å². The van der Waals surface area contributed by atoms with Gasteiger partial charge in [-0.2, -0.15) is 0 Å². The summed E-state index contributed by atoms with van der Waals surface area (Å²) in [7, 11) is 0. The number of nitrogens with zero attached hydrogens (tertiary/aromatic N) is 2. The van der Waals surface area contributed by atoms with Gasteiger partial charge in [0.15, 0.2) is 0 Å². The summed E-state index contributed by atoms with van der Waals surface area (Å²) in [5, 5.41) is 11.9. The highest BCUT2D eigenvalue weighted by Gasteiger charge is 2.20. The van der Waals surface area contributed by atoms with Gasteiger partial charge in [-0.1, -0.05) is 30.3 Å². The predicted molar refractivity (Wildman–Crippen MR) is 110 cm³/mol. The van der Waals surface area contributed by atoms with Gasteiger partial charge in [0.2, 0.25) is 0 Å². The van der Waals surface area contributed by atoms with Crippen molar-refractivity contribution in [1.29, 1.82) is 0 Å².